The Hall–Kier alpha value is -2.60. The fourth-order valence-electron chi connectivity index (χ4n) is 2.67. The predicted molar refractivity (Wildman–Crippen MR) is 89.6 cm³/mol. The van der Waals surface area contributed by atoms with Crippen LogP contribution in [-0.2, 0) is 4.79 Å². The molecule has 0 radical (unpaired) electrons. The first kappa shape index (κ1) is 15.3. The normalized spacial score (nSPS) is 14.4. The minimum absolute atomic E-state index is 0.0153. The minimum Gasteiger partial charge on any atom is -0.339 e. The highest BCUT2D eigenvalue weighted by molar-refractivity contribution is 6.30. The first-order valence-corrected chi connectivity index (χ1v) is 7.43. The van der Waals surface area contributed by atoms with Gasteiger partial charge in [0.25, 0.3) is 5.69 Å². The van der Waals surface area contributed by atoms with E-state index in [0.29, 0.717) is 29.4 Å². The SMILES string of the molecule is CN1C(=O)CCN(c2cccc(Cl)c2)c2cc([N+](=O)[O-])ccc21. The van der Waals surface area contributed by atoms with E-state index < -0.39 is 4.92 Å². The number of carbonyl (C=O) groups excluding carboxylic acids is 1. The quantitative estimate of drug-likeness (QED) is 0.621. The second kappa shape index (κ2) is 5.89. The van der Waals surface area contributed by atoms with Crippen LogP contribution in [-0.4, -0.2) is 24.4 Å². The summed E-state index contributed by atoms with van der Waals surface area (Å²) in [7, 11) is 1.68. The van der Waals surface area contributed by atoms with Gasteiger partial charge in [-0.25, -0.2) is 0 Å². The van der Waals surface area contributed by atoms with Gasteiger partial charge in [-0.1, -0.05) is 17.7 Å². The highest BCUT2D eigenvalue weighted by Crippen LogP contribution is 2.39. The summed E-state index contributed by atoms with van der Waals surface area (Å²) < 4.78 is 0. The molecule has 0 saturated heterocycles. The standard InChI is InChI=1S/C16H14ClN3O3/c1-18-14-6-5-13(20(22)23)10-15(14)19(8-7-16(18)21)12-4-2-3-11(17)9-12/h2-6,9-10H,7-8H2,1H3. The van der Waals surface area contributed by atoms with Gasteiger partial charge in [-0.3, -0.25) is 14.9 Å². The Morgan fingerprint density at radius 3 is 2.65 bits per heavy atom. The van der Waals surface area contributed by atoms with E-state index in [2.05, 4.69) is 0 Å². The van der Waals surface area contributed by atoms with Gasteiger partial charge in [0.1, 0.15) is 0 Å². The lowest BCUT2D eigenvalue weighted by molar-refractivity contribution is -0.384. The largest absolute Gasteiger partial charge is 0.339 e. The lowest BCUT2D eigenvalue weighted by Gasteiger charge is -2.25. The Balaban J connectivity index is 2.18. The third-order valence-electron chi connectivity index (χ3n) is 3.87. The van der Waals surface area contributed by atoms with Gasteiger partial charge in [-0.05, 0) is 24.3 Å². The van der Waals surface area contributed by atoms with Crippen LogP contribution in [0.1, 0.15) is 6.42 Å². The molecule has 1 aliphatic heterocycles. The summed E-state index contributed by atoms with van der Waals surface area (Å²) in [4.78, 5) is 26.3. The monoisotopic (exact) mass is 331 g/mol. The van der Waals surface area contributed by atoms with Crippen LogP contribution in [0.2, 0.25) is 5.02 Å². The summed E-state index contributed by atoms with van der Waals surface area (Å²) >= 11 is 6.06. The second-order valence-corrected chi connectivity index (χ2v) is 5.70. The number of nitrogens with zero attached hydrogens (tertiary/aromatic N) is 3. The zero-order chi connectivity index (χ0) is 16.6. The molecule has 1 aliphatic rings. The molecule has 3 rings (SSSR count). The van der Waals surface area contributed by atoms with E-state index in [9.17, 15) is 14.9 Å². The van der Waals surface area contributed by atoms with Crippen LogP contribution in [0.5, 0.6) is 0 Å². The van der Waals surface area contributed by atoms with Crippen molar-refractivity contribution in [2.24, 2.45) is 0 Å². The Bertz CT molecular complexity index is 794. The van der Waals surface area contributed by atoms with E-state index in [0.717, 1.165) is 5.69 Å². The first-order chi connectivity index (χ1) is 11.0. The fourth-order valence-corrected chi connectivity index (χ4v) is 2.85. The number of non-ortho nitro benzene ring substituents is 1. The maximum Gasteiger partial charge on any atom is 0.271 e. The van der Waals surface area contributed by atoms with Crippen LogP contribution < -0.4 is 9.80 Å². The third-order valence-corrected chi connectivity index (χ3v) is 4.10. The molecule has 6 nitrogen and oxygen atoms in total. The maximum absolute atomic E-state index is 12.2. The highest BCUT2D eigenvalue weighted by Gasteiger charge is 2.26. The van der Waals surface area contributed by atoms with Gasteiger partial charge in [-0.2, -0.15) is 0 Å². The summed E-state index contributed by atoms with van der Waals surface area (Å²) in [5.74, 6) is -0.0374. The molecular formula is C16H14ClN3O3. The van der Waals surface area contributed by atoms with Crippen molar-refractivity contribution < 1.29 is 9.72 Å². The van der Waals surface area contributed by atoms with Crippen LogP contribution in [0.25, 0.3) is 0 Å². The van der Waals surface area contributed by atoms with Gasteiger partial charge in [0.05, 0.1) is 16.3 Å². The molecule has 0 atom stereocenters. The van der Waals surface area contributed by atoms with Crippen molar-refractivity contribution in [1.82, 2.24) is 0 Å². The Kier molecular flexibility index (Phi) is 3.92. The summed E-state index contributed by atoms with van der Waals surface area (Å²) in [6, 6.07) is 11.7. The molecule has 1 heterocycles. The van der Waals surface area contributed by atoms with E-state index >= 15 is 0 Å². The average molecular weight is 332 g/mol. The van der Waals surface area contributed by atoms with Crippen LogP contribution in [0, 0.1) is 10.1 Å². The molecule has 118 valence electrons. The number of carbonyl (C=O) groups is 1. The van der Waals surface area contributed by atoms with E-state index in [1.807, 2.05) is 17.0 Å². The molecular weight excluding hydrogens is 318 g/mol. The average Bonchev–Trinajstić information content (AvgIpc) is 2.65. The number of nitro benzene ring substituents is 1. The lowest BCUT2D eigenvalue weighted by atomic mass is 10.2. The van der Waals surface area contributed by atoms with Crippen molar-refractivity contribution in [1.29, 1.82) is 0 Å². The summed E-state index contributed by atoms with van der Waals surface area (Å²) in [5, 5.41) is 11.7. The zero-order valence-corrected chi connectivity index (χ0v) is 13.2. The molecule has 0 N–H and O–H groups in total. The molecule has 2 aromatic rings. The third kappa shape index (κ3) is 2.85. The smallest absolute Gasteiger partial charge is 0.271 e. The number of rotatable bonds is 2. The van der Waals surface area contributed by atoms with E-state index in [-0.39, 0.29) is 11.6 Å². The van der Waals surface area contributed by atoms with Gasteiger partial charge in [-0.15, -0.1) is 0 Å². The topological polar surface area (TPSA) is 66.7 Å². The van der Waals surface area contributed by atoms with Crippen molar-refractivity contribution >= 4 is 40.3 Å². The number of benzene rings is 2. The Morgan fingerprint density at radius 2 is 1.96 bits per heavy atom. The zero-order valence-electron chi connectivity index (χ0n) is 12.4. The number of hydrogen-bond donors (Lipinski definition) is 0. The number of halogens is 1. The Morgan fingerprint density at radius 1 is 1.17 bits per heavy atom. The summed E-state index contributed by atoms with van der Waals surface area (Å²) in [5.41, 5.74) is 2.04. The molecule has 0 aliphatic carbocycles. The molecule has 0 spiro atoms. The molecule has 23 heavy (non-hydrogen) atoms. The molecule has 2 aromatic carbocycles. The summed E-state index contributed by atoms with van der Waals surface area (Å²) in [6.45, 7) is 0.428. The predicted octanol–water partition coefficient (Wildman–Crippen LogP) is 3.75. The van der Waals surface area contributed by atoms with Crippen LogP contribution in [0.4, 0.5) is 22.7 Å². The number of amides is 1. The van der Waals surface area contributed by atoms with Crippen molar-refractivity contribution in [2.45, 2.75) is 6.42 Å². The van der Waals surface area contributed by atoms with E-state index in [4.69, 9.17) is 11.6 Å². The van der Waals surface area contributed by atoms with Gasteiger partial charge in [0, 0.05) is 42.9 Å². The Labute approximate surface area is 138 Å². The van der Waals surface area contributed by atoms with Gasteiger partial charge >= 0.3 is 0 Å². The molecule has 7 heteroatoms. The number of hydrogen-bond acceptors (Lipinski definition) is 4. The van der Waals surface area contributed by atoms with Crippen molar-refractivity contribution in [3.05, 3.63) is 57.6 Å². The lowest BCUT2D eigenvalue weighted by Crippen LogP contribution is -2.25. The summed E-state index contributed by atoms with van der Waals surface area (Å²) in [6.07, 6.45) is 0.311. The minimum atomic E-state index is -0.441. The van der Waals surface area contributed by atoms with Crippen molar-refractivity contribution in [2.75, 3.05) is 23.4 Å². The maximum atomic E-state index is 12.2. The highest BCUT2D eigenvalue weighted by atomic mass is 35.5. The van der Waals surface area contributed by atoms with Crippen LogP contribution in [0.3, 0.4) is 0 Å². The molecule has 1 amide bonds. The van der Waals surface area contributed by atoms with Crippen molar-refractivity contribution in [3.63, 3.8) is 0 Å². The van der Waals surface area contributed by atoms with Gasteiger partial charge in [0.15, 0.2) is 0 Å². The van der Waals surface area contributed by atoms with Crippen LogP contribution in [0.15, 0.2) is 42.5 Å². The van der Waals surface area contributed by atoms with E-state index in [1.54, 1.807) is 25.2 Å². The number of fused-ring (bicyclic) bond motifs is 1. The second-order valence-electron chi connectivity index (χ2n) is 5.26. The van der Waals surface area contributed by atoms with Crippen LogP contribution >= 0.6 is 11.6 Å². The number of anilines is 3. The van der Waals surface area contributed by atoms with Gasteiger partial charge < -0.3 is 9.80 Å². The molecule has 0 aromatic heterocycles. The molecule has 0 bridgehead atoms. The fraction of sp³-hybridized carbons (Fsp3) is 0.188. The molecule has 0 unspecified atom stereocenters. The number of nitro groups is 1. The first-order valence-electron chi connectivity index (χ1n) is 7.05. The molecule has 0 fully saturated rings. The van der Waals surface area contributed by atoms with Gasteiger partial charge in [0.2, 0.25) is 5.91 Å². The van der Waals surface area contributed by atoms with E-state index in [1.165, 1.54) is 17.0 Å². The van der Waals surface area contributed by atoms with Crippen molar-refractivity contribution in [3.8, 4) is 0 Å². The molecule has 0 saturated carbocycles.